The fraction of sp³-hybridized carbons (Fsp3) is 0.733. The molecule has 1 saturated carbocycles. The fourth-order valence-electron chi connectivity index (χ4n) is 3.32. The van der Waals surface area contributed by atoms with Crippen molar-refractivity contribution in [2.75, 3.05) is 19.6 Å². The molecule has 1 aromatic heterocycles. The molecule has 1 aromatic rings. The number of likely N-dealkylation sites (tertiary alicyclic amines) is 1. The maximum absolute atomic E-state index is 12.6. The molecule has 0 spiro atoms. The van der Waals surface area contributed by atoms with Gasteiger partial charge >= 0.3 is 0 Å². The van der Waals surface area contributed by atoms with Crippen LogP contribution in [-0.2, 0) is 0 Å². The Bertz CT molecular complexity index is 503. The highest BCUT2D eigenvalue weighted by Gasteiger charge is 2.30. The van der Waals surface area contributed by atoms with Gasteiger partial charge in [-0.15, -0.1) is 36.2 Å². The highest BCUT2D eigenvalue weighted by atomic mass is 35.5. The summed E-state index contributed by atoms with van der Waals surface area (Å²) in [5, 5.41) is 1.18. The van der Waals surface area contributed by atoms with E-state index in [0.717, 1.165) is 30.1 Å². The van der Waals surface area contributed by atoms with E-state index in [2.05, 4.69) is 4.98 Å². The summed E-state index contributed by atoms with van der Waals surface area (Å²) >= 11 is 1.63. The highest BCUT2D eigenvalue weighted by Crippen LogP contribution is 2.37. The van der Waals surface area contributed by atoms with Gasteiger partial charge in [-0.25, -0.2) is 4.98 Å². The average molecular weight is 366 g/mol. The summed E-state index contributed by atoms with van der Waals surface area (Å²) < 4.78 is 0. The molecule has 1 saturated heterocycles. The second-order valence-electron chi connectivity index (χ2n) is 6.09. The van der Waals surface area contributed by atoms with E-state index in [1.807, 2.05) is 11.8 Å². The van der Waals surface area contributed by atoms with Gasteiger partial charge in [-0.3, -0.25) is 4.79 Å². The van der Waals surface area contributed by atoms with E-state index < -0.39 is 0 Å². The Labute approximate surface area is 148 Å². The van der Waals surface area contributed by atoms with Gasteiger partial charge in [0.25, 0.3) is 5.91 Å². The molecule has 2 heterocycles. The summed E-state index contributed by atoms with van der Waals surface area (Å²) in [6.07, 6.45) is 6.11. The van der Waals surface area contributed by atoms with E-state index in [1.165, 1.54) is 30.7 Å². The molecule has 0 aromatic carbocycles. The van der Waals surface area contributed by atoms with Gasteiger partial charge in [-0.1, -0.05) is 12.8 Å². The van der Waals surface area contributed by atoms with Gasteiger partial charge in [0.15, 0.2) is 0 Å². The predicted molar refractivity (Wildman–Crippen MR) is 95.6 cm³/mol. The van der Waals surface area contributed by atoms with Crippen molar-refractivity contribution in [1.82, 2.24) is 9.88 Å². The first-order chi connectivity index (χ1) is 9.69. The molecule has 4 nitrogen and oxygen atoms in total. The Hall–Kier alpha value is -0.360. The molecule has 1 amide bonds. The SMILES string of the molecule is Cc1nc(C2CCCC2)sc1C(=O)N1CCC(CN)C1.Cl.Cl. The van der Waals surface area contributed by atoms with E-state index in [0.29, 0.717) is 18.4 Å². The summed E-state index contributed by atoms with van der Waals surface area (Å²) in [7, 11) is 0. The van der Waals surface area contributed by atoms with Crippen LogP contribution in [0, 0.1) is 12.8 Å². The van der Waals surface area contributed by atoms with E-state index in [1.54, 1.807) is 11.3 Å². The Kier molecular flexibility index (Phi) is 7.59. The second-order valence-corrected chi connectivity index (χ2v) is 7.12. The fourth-order valence-corrected chi connectivity index (χ4v) is 4.52. The van der Waals surface area contributed by atoms with Gasteiger partial charge in [-0.2, -0.15) is 0 Å². The van der Waals surface area contributed by atoms with Crippen LogP contribution in [0.15, 0.2) is 0 Å². The number of thiazole rings is 1. The van der Waals surface area contributed by atoms with E-state index in [-0.39, 0.29) is 30.7 Å². The first-order valence-electron chi connectivity index (χ1n) is 7.65. The molecule has 1 unspecified atom stereocenters. The summed E-state index contributed by atoms with van der Waals surface area (Å²) in [6.45, 7) is 4.31. The first-order valence-corrected chi connectivity index (χ1v) is 8.47. The minimum Gasteiger partial charge on any atom is -0.338 e. The van der Waals surface area contributed by atoms with Crippen LogP contribution >= 0.6 is 36.2 Å². The summed E-state index contributed by atoms with van der Waals surface area (Å²) in [5.41, 5.74) is 6.62. The number of carbonyl (C=O) groups excluding carboxylic acids is 1. The zero-order valence-corrected chi connectivity index (χ0v) is 15.4. The number of rotatable bonds is 3. The zero-order chi connectivity index (χ0) is 14.1. The third kappa shape index (κ3) is 3.94. The van der Waals surface area contributed by atoms with Crippen molar-refractivity contribution in [3.05, 3.63) is 15.6 Å². The predicted octanol–water partition coefficient (Wildman–Crippen LogP) is 3.37. The van der Waals surface area contributed by atoms with Crippen molar-refractivity contribution >= 4 is 42.1 Å². The van der Waals surface area contributed by atoms with E-state index in [4.69, 9.17) is 5.73 Å². The topological polar surface area (TPSA) is 59.2 Å². The number of halogens is 2. The number of hydrogen-bond donors (Lipinski definition) is 1. The van der Waals surface area contributed by atoms with E-state index in [9.17, 15) is 4.79 Å². The van der Waals surface area contributed by atoms with Crippen molar-refractivity contribution in [3.63, 3.8) is 0 Å². The van der Waals surface area contributed by atoms with Crippen LogP contribution in [0.25, 0.3) is 0 Å². The minimum absolute atomic E-state index is 0. The molecule has 0 bridgehead atoms. The smallest absolute Gasteiger partial charge is 0.265 e. The zero-order valence-electron chi connectivity index (χ0n) is 12.9. The van der Waals surface area contributed by atoms with Crippen molar-refractivity contribution in [1.29, 1.82) is 0 Å². The molecule has 22 heavy (non-hydrogen) atoms. The van der Waals surface area contributed by atoms with Crippen LogP contribution in [0.1, 0.15) is 58.4 Å². The van der Waals surface area contributed by atoms with Crippen LogP contribution in [0.4, 0.5) is 0 Å². The molecule has 1 aliphatic carbocycles. The van der Waals surface area contributed by atoms with Crippen molar-refractivity contribution in [2.45, 2.75) is 44.9 Å². The maximum atomic E-state index is 12.6. The lowest BCUT2D eigenvalue weighted by Gasteiger charge is -2.15. The summed E-state index contributed by atoms with van der Waals surface area (Å²) in [5.74, 6) is 1.23. The Morgan fingerprint density at radius 2 is 2.00 bits per heavy atom. The molecule has 2 aliphatic rings. The Morgan fingerprint density at radius 3 is 2.59 bits per heavy atom. The largest absolute Gasteiger partial charge is 0.338 e. The number of aromatic nitrogens is 1. The Balaban J connectivity index is 0.00000121. The number of nitrogens with zero attached hydrogens (tertiary/aromatic N) is 2. The number of amides is 1. The lowest BCUT2D eigenvalue weighted by molar-refractivity contribution is 0.0791. The van der Waals surface area contributed by atoms with Crippen molar-refractivity contribution < 1.29 is 4.79 Å². The van der Waals surface area contributed by atoms with Crippen LogP contribution in [-0.4, -0.2) is 35.4 Å². The first kappa shape index (κ1) is 19.7. The normalized spacial score (nSPS) is 21.5. The molecule has 2 N–H and O–H groups in total. The van der Waals surface area contributed by atoms with Gasteiger partial charge < -0.3 is 10.6 Å². The van der Waals surface area contributed by atoms with Gasteiger partial charge in [-0.05, 0) is 38.6 Å². The standard InChI is InChI=1S/C15H23N3OS.2ClH/c1-10-13(15(19)18-7-6-11(8-16)9-18)20-14(17-10)12-4-2-3-5-12;;/h11-12H,2-9,16H2,1H3;2*1H. The minimum atomic E-state index is 0. The monoisotopic (exact) mass is 365 g/mol. The highest BCUT2D eigenvalue weighted by molar-refractivity contribution is 7.13. The number of hydrogen-bond acceptors (Lipinski definition) is 4. The van der Waals surface area contributed by atoms with Crippen molar-refractivity contribution in [2.24, 2.45) is 11.7 Å². The summed E-state index contributed by atoms with van der Waals surface area (Å²) in [4.78, 5) is 20.1. The number of carbonyl (C=O) groups is 1. The third-order valence-electron chi connectivity index (χ3n) is 4.62. The van der Waals surface area contributed by atoms with Gasteiger partial charge in [0, 0.05) is 19.0 Å². The molecule has 1 atom stereocenters. The number of aryl methyl sites for hydroxylation is 1. The van der Waals surface area contributed by atoms with Gasteiger partial charge in [0.2, 0.25) is 0 Å². The molecule has 1 aliphatic heterocycles. The van der Waals surface area contributed by atoms with Gasteiger partial charge in [0.05, 0.1) is 10.7 Å². The molecule has 7 heteroatoms. The maximum Gasteiger partial charge on any atom is 0.265 e. The molecule has 3 rings (SSSR count). The van der Waals surface area contributed by atoms with Crippen molar-refractivity contribution in [3.8, 4) is 0 Å². The molecule has 0 radical (unpaired) electrons. The quantitative estimate of drug-likeness (QED) is 0.892. The molecular formula is C15H25Cl2N3OS. The second kappa shape index (κ2) is 8.48. The van der Waals surface area contributed by atoms with E-state index >= 15 is 0 Å². The van der Waals surface area contributed by atoms with Gasteiger partial charge in [0.1, 0.15) is 4.88 Å². The van der Waals surface area contributed by atoms with Crippen LogP contribution < -0.4 is 5.73 Å². The molecule has 126 valence electrons. The lowest BCUT2D eigenvalue weighted by atomic mass is 10.1. The van der Waals surface area contributed by atoms with Crippen LogP contribution in [0.5, 0.6) is 0 Å². The van der Waals surface area contributed by atoms with Crippen LogP contribution in [0.2, 0.25) is 0 Å². The lowest BCUT2D eigenvalue weighted by Crippen LogP contribution is -2.29. The van der Waals surface area contributed by atoms with Crippen LogP contribution in [0.3, 0.4) is 0 Å². The molecular weight excluding hydrogens is 341 g/mol. The number of nitrogens with two attached hydrogens (primary N) is 1. The molecule has 2 fully saturated rings. The third-order valence-corrected chi connectivity index (χ3v) is 5.93. The Morgan fingerprint density at radius 1 is 1.32 bits per heavy atom. The average Bonchev–Trinajstić information content (AvgIpc) is 3.18. The summed E-state index contributed by atoms with van der Waals surface area (Å²) in [6, 6.07) is 0.